The van der Waals surface area contributed by atoms with Crippen molar-refractivity contribution in [2.45, 2.75) is 20.8 Å². The van der Waals surface area contributed by atoms with Gasteiger partial charge in [-0.15, -0.1) is 0 Å². The Balaban J connectivity index is 1.81. The second-order valence-electron chi connectivity index (χ2n) is 6.94. The lowest BCUT2D eigenvalue weighted by atomic mass is 10.0. The summed E-state index contributed by atoms with van der Waals surface area (Å²) in [6.07, 6.45) is 1.91. The average Bonchev–Trinajstić information content (AvgIpc) is 2.97. The van der Waals surface area contributed by atoms with Crippen LogP contribution in [0.4, 0.5) is 5.69 Å². The van der Waals surface area contributed by atoms with E-state index in [1.54, 1.807) is 4.90 Å². The Morgan fingerprint density at radius 3 is 2.66 bits per heavy atom. The molecule has 146 valence electrons. The lowest BCUT2D eigenvalue weighted by Gasteiger charge is -2.17. The molecular formula is C24H21NO2S2. The van der Waals surface area contributed by atoms with E-state index in [-0.39, 0.29) is 5.91 Å². The van der Waals surface area contributed by atoms with Crippen LogP contribution in [-0.4, -0.2) is 16.8 Å². The van der Waals surface area contributed by atoms with Crippen LogP contribution < -0.4 is 9.64 Å². The Morgan fingerprint density at radius 1 is 1.10 bits per heavy atom. The molecule has 1 amide bonds. The molecule has 29 heavy (non-hydrogen) atoms. The minimum Gasteiger partial charge on any atom is -0.493 e. The van der Waals surface area contributed by atoms with Gasteiger partial charge in [0, 0.05) is 5.56 Å². The number of hydrogen-bond donors (Lipinski definition) is 0. The molecule has 1 heterocycles. The van der Waals surface area contributed by atoms with E-state index in [0.717, 1.165) is 38.9 Å². The summed E-state index contributed by atoms with van der Waals surface area (Å²) in [6.45, 7) is 6.56. The van der Waals surface area contributed by atoms with Crippen molar-refractivity contribution < 1.29 is 9.53 Å². The van der Waals surface area contributed by atoms with E-state index in [1.165, 1.54) is 11.8 Å². The Labute approximate surface area is 180 Å². The molecule has 0 spiro atoms. The number of carbonyl (C=O) groups excluding carboxylic acids is 1. The molecular weight excluding hydrogens is 398 g/mol. The molecule has 4 rings (SSSR count). The van der Waals surface area contributed by atoms with Crippen LogP contribution in [0.1, 0.15) is 23.6 Å². The van der Waals surface area contributed by atoms with Crippen molar-refractivity contribution in [1.29, 1.82) is 0 Å². The monoisotopic (exact) mass is 419 g/mol. The van der Waals surface area contributed by atoms with Gasteiger partial charge < -0.3 is 4.74 Å². The Kier molecular flexibility index (Phi) is 5.43. The van der Waals surface area contributed by atoms with Crippen molar-refractivity contribution >= 4 is 56.7 Å². The molecule has 1 aliphatic heterocycles. The van der Waals surface area contributed by atoms with Gasteiger partial charge in [0.05, 0.1) is 17.2 Å². The van der Waals surface area contributed by atoms with Gasteiger partial charge in [-0.2, -0.15) is 0 Å². The summed E-state index contributed by atoms with van der Waals surface area (Å²) >= 11 is 6.89. The SMILES string of the molecule is CCOc1ccc2ccccc2c1/C=C1\SC(=S)N(c2ccc(C)cc2C)C1=O. The number of benzene rings is 3. The van der Waals surface area contributed by atoms with Crippen LogP contribution in [0.2, 0.25) is 0 Å². The zero-order valence-electron chi connectivity index (χ0n) is 16.6. The smallest absolute Gasteiger partial charge is 0.270 e. The Hall–Kier alpha value is -2.63. The first kappa shape index (κ1) is 19.7. The number of carbonyl (C=O) groups is 1. The molecule has 1 aliphatic rings. The molecule has 5 heteroatoms. The van der Waals surface area contributed by atoms with Gasteiger partial charge in [-0.25, -0.2) is 0 Å². The molecule has 3 aromatic carbocycles. The topological polar surface area (TPSA) is 29.5 Å². The zero-order chi connectivity index (χ0) is 20.5. The molecule has 1 saturated heterocycles. The number of anilines is 1. The minimum atomic E-state index is -0.0951. The third-order valence-electron chi connectivity index (χ3n) is 4.89. The third-order valence-corrected chi connectivity index (χ3v) is 6.20. The quantitative estimate of drug-likeness (QED) is 0.369. The summed E-state index contributed by atoms with van der Waals surface area (Å²) in [5, 5.41) is 2.15. The summed E-state index contributed by atoms with van der Waals surface area (Å²) in [6, 6.07) is 18.1. The normalized spacial score (nSPS) is 15.6. The van der Waals surface area contributed by atoms with Crippen molar-refractivity contribution in [2.75, 3.05) is 11.5 Å². The maximum atomic E-state index is 13.3. The van der Waals surface area contributed by atoms with E-state index in [0.29, 0.717) is 15.8 Å². The van der Waals surface area contributed by atoms with Gasteiger partial charge in [0.25, 0.3) is 5.91 Å². The Morgan fingerprint density at radius 2 is 1.90 bits per heavy atom. The van der Waals surface area contributed by atoms with E-state index in [4.69, 9.17) is 17.0 Å². The summed E-state index contributed by atoms with van der Waals surface area (Å²) in [4.78, 5) is 15.5. The fourth-order valence-electron chi connectivity index (χ4n) is 3.57. The highest BCUT2D eigenvalue weighted by molar-refractivity contribution is 8.27. The molecule has 1 fully saturated rings. The fourth-order valence-corrected chi connectivity index (χ4v) is 4.84. The van der Waals surface area contributed by atoms with E-state index in [9.17, 15) is 4.79 Å². The molecule has 0 radical (unpaired) electrons. The van der Waals surface area contributed by atoms with E-state index in [1.807, 2.05) is 63.2 Å². The summed E-state index contributed by atoms with van der Waals surface area (Å²) in [5.74, 6) is 0.672. The van der Waals surface area contributed by atoms with Gasteiger partial charge in [0.1, 0.15) is 5.75 Å². The maximum Gasteiger partial charge on any atom is 0.270 e. The minimum absolute atomic E-state index is 0.0951. The summed E-state index contributed by atoms with van der Waals surface area (Å²) in [7, 11) is 0. The summed E-state index contributed by atoms with van der Waals surface area (Å²) in [5.41, 5.74) is 3.93. The number of thioether (sulfide) groups is 1. The lowest BCUT2D eigenvalue weighted by Crippen LogP contribution is -2.28. The maximum absolute atomic E-state index is 13.3. The van der Waals surface area contributed by atoms with Crippen LogP contribution in [0.25, 0.3) is 16.8 Å². The van der Waals surface area contributed by atoms with E-state index >= 15 is 0 Å². The number of aryl methyl sites for hydroxylation is 2. The number of ether oxygens (including phenoxy) is 1. The van der Waals surface area contributed by atoms with Gasteiger partial charge in [0.15, 0.2) is 4.32 Å². The third kappa shape index (κ3) is 3.68. The van der Waals surface area contributed by atoms with Gasteiger partial charge in [-0.3, -0.25) is 9.69 Å². The average molecular weight is 420 g/mol. The van der Waals surface area contributed by atoms with Crippen molar-refractivity contribution in [3.05, 3.63) is 76.2 Å². The molecule has 0 N–H and O–H groups in total. The largest absolute Gasteiger partial charge is 0.493 e. The first-order chi connectivity index (χ1) is 14.0. The molecule has 0 unspecified atom stereocenters. The highest BCUT2D eigenvalue weighted by Gasteiger charge is 2.34. The van der Waals surface area contributed by atoms with Gasteiger partial charge in [-0.1, -0.05) is 72.0 Å². The number of nitrogens with zero attached hydrogens (tertiary/aromatic N) is 1. The number of hydrogen-bond acceptors (Lipinski definition) is 4. The number of thiocarbonyl (C=S) groups is 1. The fraction of sp³-hybridized carbons (Fsp3) is 0.167. The van der Waals surface area contributed by atoms with Crippen LogP contribution in [-0.2, 0) is 4.79 Å². The van der Waals surface area contributed by atoms with E-state index in [2.05, 4.69) is 18.2 Å². The zero-order valence-corrected chi connectivity index (χ0v) is 18.2. The lowest BCUT2D eigenvalue weighted by molar-refractivity contribution is -0.113. The number of amides is 1. The second-order valence-corrected chi connectivity index (χ2v) is 8.61. The Bertz CT molecular complexity index is 1170. The molecule has 0 aliphatic carbocycles. The molecule has 3 aromatic rings. The van der Waals surface area contributed by atoms with Gasteiger partial charge in [-0.05, 0) is 55.3 Å². The van der Waals surface area contributed by atoms with Crippen LogP contribution in [0, 0.1) is 13.8 Å². The van der Waals surface area contributed by atoms with Crippen molar-refractivity contribution in [2.24, 2.45) is 0 Å². The predicted octanol–water partition coefficient (Wildman–Crippen LogP) is 6.26. The highest BCUT2D eigenvalue weighted by Crippen LogP contribution is 2.39. The molecule has 0 atom stereocenters. The summed E-state index contributed by atoms with van der Waals surface area (Å²) < 4.78 is 6.40. The predicted molar refractivity (Wildman–Crippen MR) is 127 cm³/mol. The van der Waals surface area contributed by atoms with Crippen LogP contribution in [0.5, 0.6) is 5.75 Å². The van der Waals surface area contributed by atoms with Crippen LogP contribution >= 0.6 is 24.0 Å². The first-order valence-electron chi connectivity index (χ1n) is 9.49. The molecule has 0 aromatic heterocycles. The van der Waals surface area contributed by atoms with E-state index < -0.39 is 0 Å². The molecule has 0 saturated carbocycles. The number of fused-ring (bicyclic) bond motifs is 1. The van der Waals surface area contributed by atoms with Crippen molar-refractivity contribution in [3.63, 3.8) is 0 Å². The van der Waals surface area contributed by atoms with Crippen LogP contribution in [0.15, 0.2) is 59.5 Å². The molecule has 3 nitrogen and oxygen atoms in total. The highest BCUT2D eigenvalue weighted by atomic mass is 32.2. The number of rotatable bonds is 4. The first-order valence-corrected chi connectivity index (χ1v) is 10.7. The standard InChI is InChI=1S/C24H21NO2S2/c1-4-27-21-12-10-17-7-5-6-8-18(17)19(21)14-22-23(26)25(24(28)29-22)20-11-9-15(2)13-16(20)3/h5-14H,4H2,1-3H3/b22-14-. The van der Waals surface area contributed by atoms with Gasteiger partial charge >= 0.3 is 0 Å². The van der Waals surface area contributed by atoms with Crippen LogP contribution in [0.3, 0.4) is 0 Å². The van der Waals surface area contributed by atoms with Crippen molar-refractivity contribution in [1.82, 2.24) is 0 Å². The second kappa shape index (κ2) is 8.01. The van der Waals surface area contributed by atoms with Crippen molar-refractivity contribution in [3.8, 4) is 5.75 Å². The molecule has 0 bridgehead atoms. The van der Waals surface area contributed by atoms with Gasteiger partial charge in [0.2, 0.25) is 0 Å².